The molecule has 0 aliphatic heterocycles. The van der Waals surface area contributed by atoms with E-state index in [-0.39, 0.29) is 22.6 Å². The van der Waals surface area contributed by atoms with Gasteiger partial charge in [-0.1, -0.05) is 51.8 Å². The fraction of sp³-hybridized carbons (Fsp3) is 0.250. The number of benzene rings is 2. The van der Waals surface area contributed by atoms with Crippen molar-refractivity contribution in [3.8, 4) is 0 Å². The van der Waals surface area contributed by atoms with Gasteiger partial charge in [0.25, 0.3) is 0 Å². The summed E-state index contributed by atoms with van der Waals surface area (Å²) in [6.45, 7) is 0. The van der Waals surface area contributed by atoms with E-state index in [0.717, 1.165) is 10.9 Å². The second kappa shape index (κ2) is 7.19. The summed E-state index contributed by atoms with van der Waals surface area (Å²) in [4.78, 5) is 0. The molecule has 1 atom stereocenters. The Labute approximate surface area is 130 Å². The highest BCUT2D eigenvalue weighted by Crippen LogP contribution is 2.23. The topological polar surface area (TPSA) is 0 Å². The van der Waals surface area contributed by atoms with Crippen molar-refractivity contribution in [1.29, 1.82) is 0 Å². The van der Waals surface area contributed by atoms with E-state index >= 15 is 0 Å². The predicted octanol–water partition coefficient (Wildman–Crippen LogP) is 5.41. The van der Waals surface area contributed by atoms with Gasteiger partial charge >= 0.3 is 0 Å². The molecule has 1 unspecified atom stereocenters. The normalized spacial score (nSPS) is 12.4. The van der Waals surface area contributed by atoms with Crippen LogP contribution in [-0.4, -0.2) is 5.33 Å². The van der Waals surface area contributed by atoms with Gasteiger partial charge in [0.05, 0.1) is 5.02 Å². The first-order valence-electron chi connectivity index (χ1n) is 6.33. The van der Waals surface area contributed by atoms with Crippen LogP contribution in [-0.2, 0) is 12.8 Å². The number of alkyl halides is 1. The molecule has 2 rings (SSSR count). The first-order valence-corrected chi connectivity index (χ1v) is 7.83. The standard InChI is InChI=1S/C16H14BrClF2/c17-10-12(7-11-3-1-5-14(19)9-11)8-13-4-2-6-15(18)16(13)20/h1-6,9,12H,7-8,10H2. The van der Waals surface area contributed by atoms with E-state index in [1.807, 2.05) is 6.07 Å². The molecular weight excluding hydrogens is 346 g/mol. The zero-order valence-electron chi connectivity index (χ0n) is 10.8. The van der Waals surface area contributed by atoms with E-state index in [4.69, 9.17) is 11.6 Å². The average Bonchev–Trinajstić information content (AvgIpc) is 2.43. The SMILES string of the molecule is Fc1cccc(CC(CBr)Cc2cccc(Cl)c2F)c1. The van der Waals surface area contributed by atoms with Gasteiger partial charge in [0.1, 0.15) is 11.6 Å². The molecule has 20 heavy (non-hydrogen) atoms. The molecule has 4 heteroatoms. The monoisotopic (exact) mass is 358 g/mol. The zero-order valence-corrected chi connectivity index (χ0v) is 13.1. The second-order valence-corrected chi connectivity index (χ2v) is 5.83. The molecule has 2 aromatic carbocycles. The van der Waals surface area contributed by atoms with E-state index in [2.05, 4.69) is 15.9 Å². The lowest BCUT2D eigenvalue weighted by molar-refractivity contribution is 0.548. The molecule has 0 aromatic heterocycles. The Bertz CT molecular complexity index is 586. The highest BCUT2D eigenvalue weighted by molar-refractivity contribution is 9.09. The van der Waals surface area contributed by atoms with Crippen molar-refractivity contribution in [2.75, 3.05) is 5.33 Å². The van der Waals surface area contributed by atoms with Gasteiger partial charge in [-0.2, -0.15) is 0 Å². The van der Waals surface area contributed by atoms with Crippen molar-refractivity contribution < 1.29 is 8.78 Å². The predicted molar refractivity (Wildman–Crippen MR) is 82.5 cm³/mol. The Hall–Kier alpha value is -0.930. The van der Waals surface area contributed by atoms with Crippen molar-refractivity contribution >= 4 is 27.5 Å². The molecule has 0 spiro atoms. The van der Waals surface area contributed by atoms with Crippen molar-refractivity contribution in [2.24, 2.45) is 5.92 Å². The minimum atomic E-state index is -0.362. The molecule has 2 aromatic rings. The lowest BCUT2D eigenvalue weighted by Crippen LogP contribution is -2.11. The molecule has 0 nitrogen and oxygen atoms in total. The van der Waals surface area contributed by atoms with E-state index in [1.54, 1.807) is 18.2 Å². The first kappa shape index (κ1) is 15.5. The molecule has 0 fully saturated rings. The van der Waals surface area contributed by atoms with Crippen LogP contribution in [0.3, 0.4) is 0 Å². The lowest BCUT2D eigenvalue weighted by Gasteiger charge is -2.15. The van der Waals surface area contributed by atoms with Crippen LogP contribution in [0.1, 0.15) is 11.1 Å². The largest absolute Gasteiger partial charge is 0.207 e. The Morgan fingerprint density at radius 3 is 2.50 bits per heavy atom. The summed E-state index contributed by atoms with van der Waals surface area (Å²) in [7, 11) is 0. The molecule has 0 saturated heterocycles. The van der Waals surface area contributed by atoms with Crippen LogP contribution in [0.25, 0.3) is 0 Å². The summed E-state index contributed by atoms with van der Waals surface area (Å²) >= 11 is 9.23. The van der Waals surface area contributed by atoms with Crippen LogP contribution < -0.4 is 0 Å². The van der Waals surface area contributed by atoms with Gasteiger partial charge in [-0.15, -0.1) is 0 Å². The van der Waals surface area contributed by atoms with Crippen molar-refractivity contribution in [3.63, 3.8) is 0 Å². The Morgan fingerprint density at radius 2 is 1.80 bits per heavy atom. The third kappa shape index (κ3) is 4.03. The smallest absolute Gasteiger partial charge is 0.144 e. The van der Waals surface area contributed by atoms with E-state index < -0.39 is 0 Å². The van der Waals surface area contributed by atoms with Gasteiger partial charge in [0.2, 0.25) is 0 Å². The Balaban J connectivity index is 2.11. The first-order chi connectivity index (χ1) is 9.60. The molecule has 0 heterocycles. The summed E-state index contributed by atoms with van der Waals surface area (Å²) in [6.07, 6.45) is 1.25. The van der Waals surface area contributed by atoms with E-state index in [1.165, 1.54) is 18.2 Å². The maximum Gasteiger partial charge on any atom is 0.144 e. The Morgan fingerprint density at radius 1 is 1.05 bits per heavy atom. The molecular formula is C16H14BrClF2. The van der Waals surface area contributed by atoms with Crippen molar-refractivity contribution in [3.05, 3.63) is 70.2 Å². The van der Waals surface area contributed by atoms with Crippen LogP contribution in [0.15, 0.2) is 42.5 Å². The Kier molecular flexibility index (Phi) is 5.55. The highest BCUT2D eigenvalue weighted by Gasteiger charge is 2.14. The van der Waals surface area contributed by atoms with Crippen molar-refractivity contribution in [1.82, 2.24) is 0 Å². The molecule has 0 aliphatic carbocycles. The molecule has 0 bridgehead atoms. The van der Waals surface area contributed by atoms with Crippen LogP contribution in [0.5, 0.6) is 0 Å². The van der Waals surface area contributed by atoms with Gasteiger partial charge < -0.3 is 0 Å². The summed E-state index contributed by atoms with van der Waals surface area (Å²) < 4.78 is 27.1. The summed E-state index contributed by atoms with van der Waals surface area (Å²) in [5.41, 5.74) is 1.51. The molecule has 0 amide bonds. The lowest BCUT2D eigenvalue weighted by atomic mass is 9.94. The summed E-state index contributed by atoms with van der Waals surface area (Å²) in [5, 5.41) is 0.858. The van der Waals surface area contributed by atoms with E-state index in [0.29, 0.717) is 18.4 Å². The average molecular weight is 360 g/mol. The molecule has 0 N–H and O–H groups in total. The van der Waals surface area contributed by atoms with Crippen LogP contribution in [0, 0.1) is 17.6 Å². The maximum atomic E-state index is 13.9. The van der Waals surface area contributed by atoms with Crippen LogP contribution >= 0.6 is 27.5 Å². The highest BCUT2D eigenvalue weighted by atomic mass is 79.9. The van der Waals surface area contributed by atoms with Gasteiger partial charge in [0, 0.05) is 5.33 Å². The number of hydrogen-bond donors (Lipinski definition) is 0. The maximum absolute atomic E-state index is 13.9. The molecule has 0 aliphatic rings. The number of hydrogen-bond acceptors (Lipinski definition) is 0. The molecule has 106 valence electrons. The van der Waals surface area contributed by atoms with Gasteiger partial charge in [-0.25, -0.2) is 8.78 Å². The minimum Gasteiger partial charge on any atom is -0.207 e. The second-order valence-electron chi connectivity index (χ2n) is 4.77. The fourth-order valence-electron chi connectivity index (χ4n) is 2.20. The minimum absolute atomic E-state index is 0.140. The third-order valence-corrected chi connectivity index (χ3v) is 4.38. The molecule has 0 radical (unpaired) electrons. The number of halogens is 4. The van der Waals surface area contributed by atoms with Gasteiger partial charge in [-0.05, 0) is 48.1 Å². The summed E-state index contributed by atoms with van der Waals surface area (Å²) in [5.74, 6) is -0.422. The van der Waals surface area contributed by atoms with Gasteiger partial charge in [-0.3, -0.25) is 0 Å². The molecule has 0 saturated carbocycles. The number of rotatable bonds is 5. The van der Waals surface area contributed by atoms with Gasteiger partial charge in [0.15, 0.2) is 0 Å². The quantitative estimate of drug-likeness (QED) is 0.626. The van der Waals surface area contributed by atoms with Crippen LogP contribution in [0.2, 0.25) is 5.02 Å². The van der Waals surface area contributed by atoms with Crippen LogP contribution in [0.4, 0.5) is 8.78 Å². The summed E-state index contributed by atoms with van der Waals surface area (Å²) in [6, 6.07) is 11.5. The zero-order chi connectivity index (χ0) is 14.5. The van der Waals surface area contributed by atoms with Crippen molar-refractivity contribution in [2.45, 2.75) is 12.8 Å². The van der Waals surface area contributed by atoms with E-state index in [9.17, 15) is 8.78 Å². The fourth-order valence-corrected chi connectivity index (χ4v) is 2.85. The third-order valence-electron chi connectivity index (χ3n) is 3.17.